The first-order valence-electron chi connectivity index (χ1n) is 11.8. The van der Waals surface area contributed by atoms with E-state index in [1.165, 1.54) is 17.9 Å². The molecule has 0 aliphatic carbocycles. The van der Waals surface area contributed by atoms with Crippen molar-refractivity contribution in [2.24, 2.45) is 0 Å². The molecule has 1 aromatic heterocycles. The molecule has 0 aliphatic rings. The van der Waals surface area contributed by atoms with Crippen LogP contribution in [0.15, 0.2) is 103 Å². The Morgan fingerprint density at radius 1 is 0.842 bits per heavy atom. The van der Waals surface area contributed by atoms with E-state index in [0.29, 0.717) is 27.5 Å². The summed E-state index contributed by atoms with van der Waals surface area (Å²) >= 11 is 5.99. The van der Waals surface area contributed by atoms with Gasteiger partial charge in [-0.05, 0) is 66.7 Å². The molecule has 38 heavy (non-hydrogen) atoms. The minimum Gasteiger partial charge on any atom is -0.465 e. The third-order valence-corrected chi connectivity index (χ3v) is 6.46. The van der Waals surface area contributed by atoms with Gasteiger partial charge in [-0.2, -0.15) is 0 Å². The number of halogens is 1. The second kappa shape index (κ2) is 10.7. The predicted molar refractivity (Wildman–Crippen MR) is 148 cm³/mol. The lowest BCUT2D eigenvalue weighted by Crippen LogP contribution is -2.12. The van der Waals surface area contributed by atoms with Gasteiger partial charge in [-0.3, -0.25) is 4.79 Å². The van der Waals surface area contributed by atoms with Crippen LogP contribution in [0.25, 0.3) is 16.9 Å². The van der Waals surface area contributed by atoms with Gasteiger partial charge in [-0.15, -0.1) is 5.10 Å². The Hall–Kier alpha value is -4.75. The molecule has 0 unspecified atom stereocenters. The number of ketones is 1. The van der Waals surface area contributed by atoms with Crippen LogP contribution in [0.2, 0.25) is 5.02 Å². The predicted octanol–water partition coefficient (Wildman–Crippen LogP) is 6.37. The quantitative estimate of drug-likeness (QED) is 0.182. The van der Waals surface area contributed by atoms with E-state index >= 15 is 0 Å². The summed E-state index contributed by atoms with van der Waals surface area (Å²) in [6.07, 6.45) is 1.73. The molecule has 0 saturated carbocycles. The molecule has 0 atom stereocenters. The van der Waals surface area contributed by atoms with Crippen LogP contribution in [0, 0.1) is 0 Å². The summed E-state index contributed by atoms with van der Waals surface area (Å²) in [5, 5.41) is 9.08. The van der Waals surface area contributed by atoms with Crippen molar-refractivity contribution in [3.8, 4) is 16.9 Å². The van der Waals surface area contributed by atoms with Crippen molar-refractivity contribution in [1.29, 1.82) is 0 Å². The van der Waals surface area contributed by atoms with Crippen LogP contribution in [-0.4, -0.2) is 40.9 Å². The van der Waals surface area contributed by atoms with Gasteiger partial charge >= 0.3 is 5.97 Å². The number of hydrogen-bond acceptors (Lipinski definition) is 6. The Morgan fingerprint density at radius 2 is 1.47 bits per heavy atom. The maximum Gasteiger partial charge on any atom is 0.340 e. The van der Waals surface area contributed by atoms with Crippen molar-refractivity contribution in [3.63, 3.8) is 0 Å². The zero-order chi connectivity index (χ0) is 26.6. The van der Waals surface area contributed by atoms with Gasteiger partial charge in [0.25, 0.3) is 0 Å². The molecule has 5 rings (SSSR count). The summed E-state index contributed by atoms with van der Waals surface area (Å²) in [5.74, 6) is -0.794. The van der Waals surface area contributed by atoms with Gasteiger partial charge in [-0.1, -0.05) is 47.1 Å². The number of nitrogens with zero attached hydrogens (tertiary/aromatic N) is 4. The molecule has 0 saturated heterocycles. The van der Waals surface area contributed by atoms with E-state index in [4.69, 9.17) is 16.3 Å². The molecule has 0 fully saturated rings. The third-order valence-electron chi connectivity index (χ3n) is 6.20. The zero-order valence-corrected chi connectivity index (χ0v) is 21.5. The highest BCUT2D eigenvalue weighted by Gasteiger charge is 2.19. The first kappa shape index (κ1) is 24.9. The maximum atomic E-state index is 13.3. The highest BCUT2D eigenvalue weighted by molar-refractivity contribution is 6.30. The Morgan fingerprint density at radius 3 is 2.13 bits per heavy atom. The van der Waals surface area contributed by atoms with E-state index in [9.17, 15) is 9.59 Å². The number of rotatable bonds is 7. The summed E-state index contributed by atoms with van der Waals surface area (Å²) < 4.78 is 6.50. The van der Waals surface area contributed by atoms with Gasteiger partial charge < -0.3 is 9.64 Å². The normalized spacial score (nSPS) is 10.7. The van der Waals surface area contributed by atoms with E-state index in [1.54, 1.807) is 30.5 Å². The molecular weight excluding hydrogens is 500 g/mol. The highest BCUT2D eigenvalue weighted by Crippen LogP contribution is 2.27. The highest BCUT2D eigenvalue weighted by atomic mass is 35.5. The number of methoxy groups -OCH3 is 1. The van der Waals surface area contributed by atoms with Crippen LogP contribution < -0.4 is 4.90 Å². The van der Waals surface area contributed by atoms with Crippen LogP contribution in [0.3, 0.4) is 0 Å². The van der Waals surface area contributed by atoms with Gasteiger partial charge in [0.1, 0.15) is 5.69 Å². The summed E-state index contributed by atoms with van der Waals surface area (Å²) in [6.45, 7) is 0. The van der Waals surface area contributed by atoms with Crippen molar-refractivity contribution in [2.45, 2.75) is 0 Å². The van der Waals surface area contributed by atoms with Crippen molar-refractivity contribution in [1.82, 2.24) is 15.0 Å². The number of hydrogen-bond donors (Lipinski definition) is 0. The van der Waals surface area contributed by atoms with Gasteiger partial charge in [0.05, 0.1) is 24.6 Å². The molecule has 0 amide bonds. The van der Waals surface area contributed by atoms with Crippen molar-refractivity contribution in [2.75, 3.05) is 19.1 Å². The van der Waals surface area contributed by atoms with Crippen molar-refractivity contribution < 1.29 is 14.3 Å². The lowest BCUT2D eigenvalue weighted by molar-refractivity contribution is 0.0600. The molecule has 0 spiro atoms. The topological polar surface area (TPSA) is 77.3 Å². The average molecular weight is 523 g/mol. The summed E-state index contributed by atoms with van der Waals surface area (Å²) in [6, 6.07) is 29.3. The molecular formula is C30H23ClN4O3. The SMILES string of the molecule is COC(=O)c1cc(C(=O)c2ccc(N(C)c3ccc(Cl)cc3)cc2)ccc1-n1cc(-c2ccccc2)nn1. The number of esters is 1. The van der Waals surface area contributed by atoms with Crippen LogP contribution in [0.4, 0.5) is 11.4 Å². The monoisotopic (exact) mass is 522 g/mol. The number of carbonyl (C=O) groups excluding carboxylic acids is 2. The molecule has 0 radical (unpaired) electrons. The van der Waals surface area contributed by atoms with Crippen LogP contribution in [0.5, 0.6) is 0 Å². The Kier molecular flexibility index (Phi) is 7.02. The summed E-state index contributed by atoms with van der Waals surface area (Å²) in [7, 11) is 3.24. The minimum atomic E-state index is -0.577. The molecule has 0 N–H and O–H groups in total. The van der Waals surface area contributed by atoms with Crippen LogP contribution >= 0.6 is 11.6 Å². The fourth-order valence-electron chi connectivity index (χ4n) is 4.09. The van der Waals surface area contributed by atoms with Crippen LogP contribution in [-0.2, 0) is 4.74 Å². The third kappa shape index (κ3) is 5.05. The molecule has 0 aliphatic heterocycles. The van der Waals surface area contributed by atoms with Gasteiger partial charge in [0.2, 0.25) is 0 Å². The largest absolute Gasteiger partial charge is 0.465 e. The first-order valence-corrected chi connectivity index (χ1v) is 12.2. The van der Waals surface area contributed by atoms with Gasteiger partial charge in [-0.25, -0.2) is 9.48 Å². The molecule has 1 heterocycles. The fourth-order valence-corrected chi connectivity index (χ4v) is 4.22. The Labute approximate surface area is 224 Å². The standard InChI is InChI=1S/C30H23ClN4O3/c1-34(25-15-11-23(31)12-16-25)24-13-8-21(9-14-24)29(36)22-10-17-28(26(18-22)30(37)38-2)35-19-27(32-33-35)20-6-4-3-5-7-20/h3-19H,1-2H3. The van der Waals surface area contributed by atoms with E-state index < -0.39 is 5.97 Å². The average Bonchev–Trinajstić information content (AvgIpc) is 3.47. The molecule has 0 bridgehead atoms. The number of anilines is 2. The molecule has 188 valence electrons. The molecule has 4 aromatic carbocycles. The number of aromatic nitrogens is 3. The zero-order valence-electron chi connectivity index (χ0n) is 20.7. The Balaban J connectivity index is 1.42. The molecule has 7 nitrogen and oxygen atoms in total. The fraction of sp³-hybridized carbons (Fsp3) is 0.0667. The lowest BCUT2D eigenvalue weighted by atomic mass is 10.00. The summed E-state index contributed by atoms with van der Waals surface area (Å²) in [5.41, 5.74) is 4.96. The second-order valence-electron chi connectivity index (χ2n) is 8.55. The molecule has 8 heteroatoms. The number of benzene rings is 4. The van der Waals surface area contributed by atoms with Crippen LogP contribution in [0.1, 0.15) is 26.3 Å². The van der Waals surface area contributed by atoms with Crippen molar-refractivity contribution in [3.05, 3.63) is 125 Å². The van der Waals surface area contributed by atoms with E-state index in [0.717, 1.165) is 16.9 Å². The molecule has 5 aromatic rings. The number of carbonyl (C=O) groups is 2. The lowest BCUT2D eigenvalue weighted by Gasteiger charge is -2.19. The smallest absolute Gasteiger partial charge is 0.340 e. The summed E-state index contributed by atoms with van der Waals surface area (Å²) in [4.78, 5) is 28.0. The van der Waals surface area contributed by atoms with Crippen molar-refractivity contribution >= 4 is 34.7 Å². The van der Waals surface area contributed by atoms with E-state index in [2.05, 4.69) is 10.3 Å². The number of ether oxygens (including phenoxy) is 1. The Bertz CT molecular complexity index is 1600. The van der Waals surface area contributed by atoms with Gasteiger partial charge in [0, 0.05) is 40.1 Å². The van der Waals surface area contributed by atoms with E-state index in [1.807, 2.05) is 78.7 Å². The van der Waals surface area contributed by atoms with Gasteiger partial charge in [0.15, 0.2) is 5.78 Å². The second-order valence-corrected chi connectivity index (χ2v) is 8.99. The minimum absolute atomic E-state index is 0.210. The first-order chi connectivity index (χ1) is 18.4. The van der Waals surface area contributed by atoms with E-state index in [-0.39, 0.29) is 11.3 Å². The maximum absolute atomic E-state index is 13.3.